The predicted molar refractivity (Wildman–Crippen MR) is 89.5 cm³/mol. The number of anilines is 1. The van der Waals surface area contributed by atoms with Crippen molar-refractivity contribution >= 4 is 28.7 Å². The Hall–Kier alpha value is -1.68. The van der Waals surface area contributed by atoms with Gasteiger partial charge in [-0.15, -0.1) is 0 Å². The molecule has 0 heterocycles. The van der Waals surface area contributed by atoms with Crippen LogP contribution in [0.15, 0.2) is 41.7 Å². The molecule has 0 spiro atoms. The van der Waals surface area contributed by atoms with Crippen molar-refractivity contribution in [2.75, 3.05) is 5.32 Å². The standard InChI is InChI=1S/C17H21NO2S/c1-11(2)8-12-9-14(19)16(15(20)10-12)17(21)18-13-6-4-3-5-7-13/h3-7,11-12,19H,8-10H2,1-2H3,(H,18,21). The number of aliphatic hydroxyl groups excluding tert-OH is 1. The first-order valence-electron chi connectivity index (χ1n) is 7.29. The fourth-order valence-electron chi connectivity index (χ4n) is 2.78. The van der Waals surface area contributed by atoms with E-state index in [4.69, 9.17) is 12.2 Å². The molecule has 0 aliphatic heterocycles. The summed E-state index contributed by atoms with van der Waals surface area (Å²) < 4.78 is 0. The Labute approximate surface area is 131 Å². The van der Waals surface area contributed by atoms with Crippen LogP contribution in [0.3, 0.4) is 0 Å². The smallest absolute Gasteiger partial charge is 0.169 e. The largest absolute Gasteiger partial charge is 0.511 e. The van der Waals surface area contributed by atoms with E-state index in [1.54, 1.807) is 0 Å². The van der Waals surface area contributed by atoms with Crippen molar-refractivity contribution in [2.45, 2.75) is 33.1 Å². The molecule has 0 radical (unpaired) electrons. The third-order valence-corrected chi connectivity index (χ3v) is 3.89. The molecule has 2 rings (SSSR count). The van der Waals surface area contributed by atoms with Crippen LogP contribution >= 0.6 is 12.2 Å². The molecule has 3 nitrogen and oxygen atoms in total. The van der Waals surface area contributed by atoms with Crippen molar-refractivity contribution in [3.63, 3.8) is 0 Å². The van der Waals surface area contributed by atoms with Crippen LogP contribution in [0.4, 0.5) is 5.69 Å². The summed E-state index contributed by atoms with van der Waals surface area (Å²) in [6, 6.07) is 9.44. The number of carbonyl (C=O) groups is 1. The summed E-state index contributed by atoms with van der Waals surface area (Å²) in [5, 5.41) is 13.2. The predicted octanol–water partition coefficient (Wildman–Crippen LogP) is 4.26. The summed E-state index contributed by atoms with van der Waals surface area (Å²) in [5.74, 6) is 0.815. The number of allylic oxidation sites excluding steroid dienone is 1. The fraction of sp³-hybridized carbons (Fsp3) is 0.412. The summed E-state index contributed by atoms with van der Waals surface area (Å²) in [6.45, 7) is 4.25. The van der Waals surface area contributed by atoms with Crippen molar-refractivity contribution in [1.29, 1.82) is 0 Å². The first-order chi connectivity index (χ1) is 9.97. The van der Waals surface area contributed by atoms with Crippen molar-refractivity contribution in [1.82, 2.24) is 0 Å². The van der Waals surface area contributed by atoms with Gasteiger partial charge in [-0.2, -0.15) is 0 Å². The number of Topliss-reactive ketones (excluding diaryl/α,β-unsaturated/α-hetero) is 1. The number of hydrogen-bond donors (Lipinski definition) is 2. The summed E-state index contributed by atoms with van der Waals surface area (Å²) in [6.07, 6.45) is 1.95. The topological polar surface area (TPSA) is 49.3 Å². The van der Waals surface area contributed by atoms with E-state index in [1.165, 1.54) is 0 Å². The van der Waals surface area contributed by atoms with Gasteiger partial charge in [0.1, 0.15) is 10.7 Å². The van der Waals surface area contributed by atoms with Crippen molar-refractivity contribution in [3.8, 4) is 0 Å². The number of carbonyl (C=O) groups excluding carboxylic acids is 1. The van der Waals surface area contributed by atoms with E-state index in [2.05, 4.69) is 19.2 Å². The molecule has 21 heavy (non-hydrogen) atoms. The Kier molecular flexibility index (Phi) is 5.12. The Balaban J connectivity index is 2.11. The van der Waals surface area contributed by atoms with Crippen LogP contribution in [0.1, 0.15) is 33.1 Å². The zero-order valence-electron chi connectivity index (χ0n) is 12.4. The monoisotopic (exact) mass is 303 g/mol. The van der Waals surface area contributed by atoms with Crippen molar-refractivity contribution < 1.29 is 9.90 Å². The summed E-state index contributed by atoms with van der Waals surface area (Å²) >= 11 is 5.29. The van der Waals surface area contributed by atoms with Gasteiger partial charge in [0.15, 0.2) is 5.78 Å². The SMILES string of the molecule is CC(C)CC1CC(=O)C(C(=S)Nc2ccccc2)=C(O)C1. The maximum Gasteiger partial charge on any atom is 0.169 e. The number of rotatable bonds is 4. The molecule has 0 bridgehead atoms. The van der Waals surface area contributed by atoms with E-state index in [0.717, 1.165) is 12.1 Å². The number of aliphatic hydroxyl groups is 1. The molecular formula is C17H21NO2S. The van der Waals surface area contributed by atoms with Crippen LogP contribution in [0.5, 0.6) is 0 Å². The number of hydrogen-bond acceptors (Lipinski definition) is 3. The summed E-state index contributed by atoms with van der Waals surface area (Å²) in [4.78, 5) is 12.6. The number of benzene rings is 1. The van der Waals surface area contributed by atoms with Crippen LogP contribution < -0.4 is 5.32 Å². The zero-order valence-corrected chi connectivity index (χ0v) is 13.2. The first-order valence-corrected chi connectivity index (χ1v) is 7.70. The Morgan fingerprint density at radius 3 is 2.57 bits per heavy atom. The van der Waals surface area contributed by atoms with Crippen LogP contribution in [0.25, 0.3) is 0 Å². The van der Waals surface area contributed by atoms with Gasteiger partial charge in [-0.25, -0.2) is 0 Å². The van der Waals surface area contributed by atoms with Crippen molar-refractivity contribution in [2.24, 2.45) is 11.8 Å². The normalized spacial score (nSPS) is 19.0. The third-order valence-electron chi connectivity index (χ3n) is 3.59. The molecule has 1 aliphatic rings. The molecule has 0 amide bonds. The Morgan fingerprint density at radius 1 is 1.33 bits per heavy atom. The number of thiocarbonyl (C=S) groups is 1. The fourth-order valence-corrected chi connectivity index (χ4v) is 3.13. The molecule has 2 N–H and O–H groups in total. The van der Waals surface area contributed by atoms with Gasteiger partial charge >= 0.3 is 0 Å². The molecule has 1 aromatic rings. The Bertz CT molecular complexity index is 563. The minimum Gasteiger partial charge on any atom is -0.511 e. The van der Waals surface area contributed by atoms with Crippen LogP contribution in [-0.2, 0) is 4.79 Å². The molecule has 1 unspecified atom stereocenters. The van der Waals surface area contributed by atoms with E-state index in [-0.39, 0.29) is 23.0 Å². The molecular weight excluding hydrogens is 282 g/mol. The van der Waals surface area contributed by atoms with E-state index in [9.17, 15) is 9.90 Å². The quantitative estimate of drug-likeness (QED) is 0.816. The second-order valence-electron chi connectivity index (χ2n) is 5.97. The highest BCUT2D eigenvalue weighted by atomic mass is 32.1. The Morgan fingerprint density at radius 2 is 2.00 bits per heavy atom. The number of para-hydroxylation sites is 1. The van der Waals surface area contributed by atoms with E-state index in [1.807, 2.05) is 30.3 Å². The van der Waals surface area contributed by atoms with Gasteiger partial charge in [-0.3, -0.25) is 4.79 Å². The molecule has 1 atom stereocenters. The second-order valence-corrected chi connectivity index (χ2v) is 6.38. The number of nitrogens with one attached hydrogen (secondary N) is 1. The molecule has 0 fully saturated rings. The summed E-state index contributed by atoms with van der Waals surface area (Å²) in [7, 11) is 0. The van der Waals surface area contributed by atoms with Crippen LogP contribution in [0, 0.1) is 11.8 Å². The van der Waals surface area contributed by atoms with Gasteiger partial charge in [0, 0.05) is 18.5 Å². The van der Waals surface area contributed by atoms with E-state index < -0.39 is 0 Å². The third kappa shape index (κ3) is 4.14. The van der Waals surface area contributed by atoms with Gasteiger partial charge in [0.05, 0.1) is 5.57 Å². The number of ketones is 1. The lowest BCUT2D eigenvalue weighted by Crippen LogP contribution is -2.27. The van der Waals surface area contributed by atoms with E-state index in [0.29, 0.717) is 23.7 Å². The van der Waals surface area contributed by atoms with Gasteiger partial charge in [-0.1, -0.05) is 44.3 Å². The lowest BCUT2D eigenvalue weighted by Gasteiger charge is -2.25. The molecule has 4 heteroatoms. The minimum absolute atomic E-state index is 0.0576. The highest BCUT2D eigenvalue weighted by molar-refractivity contribution is 7.81. The van der Waals surface area contributed by atoms with Gasteiger partial charge in [0.25, 0.3) is 0 Å². The minimum atomic E-state index is -0.0576. The molecule has 112 valence electrons. The molecule has 1 aromatic carbocycles. The van der Waals surface area contributed by atoms with Crippen molar-refractivity contribution in [3.05, 3.63) is 41.7 Å². The first kappa shape index (κ1) is 15.7. The molecule has 0 aromatic heterocycles. The van der Waals surface area contributed by atoms with Crippen LogP contribution in [0.2, 0.25) is 0 Å². The lowest BCUT2D eigenvalue weighted by atomic mass is 9.82. The average Bonchev–Trinajstić information content (AvgIpc) is 2.38. The second kappa shape index (κ2) is 6.85. The van der Waals surface area contributed by atoms with Gasteiger partial charge < -0.3 is 10.4 Å². The highest BCUT2D eigenvalue weighted by Crippen LogP contribution is 2.31. The molecule has 1 aliphatic carbocycles. The van der Waals surface area contributed by atoms with Gasteiger partial charge in [-0.05, 0) is 30.4 Å². The summed E-state index contributed by atoms with van der Waals surface area (Å²) in [5.41, 5.74) is 1.11. The maximum atomic E-state index is 12.3. The van der Waals surface area contributed by atoms with E-state index >= 15 is 0 Å². The maximum absolute atomic E-state index is 12.3. The average molecular weight is 303 g/mol. The molecule has 0 saturated carbocycles. The molecule has 0 saturated heterocycles. The van der Waals surface area contributed by atoms with Crippen LogP contribution in [-0.4, -0.2) is 15.9 Å². The zero-order chi connectivity index (χ0) is 15.4. The lowest BCUT2D eigenvalue weighted by molar-refractivity contribution is -0.116. The highest BCUT2D eigenvalue weighted by Gasteiger charge is 2.30. The van der Waals surface area contributed by atoms with Gasteiger partial charge in [0.2, 0.25) is 0 Å².